The van der Waals surface area contributed by atoms with Crippen molar-refractivity contribution in [1.29, 1.82) is 0 Å². The van der Waals surface area contributed by atoms with Gasteiger partial charge in [0.05, 0.1) is 5.60 Å². The molecule has 2 fully saturated rings. The highest BCUT2D eigenvalue weighted by atomic mass is 19.1. The van der Waals surface area contributed by atoms with Gasteiger partial charge in [-0.2, -0.15) is 0 Å². The lowest BCUT2D eigenvalue weighted by Gasteiger charge is -2.38. The van der Waals surface area contributed by atoms with Crippen molar-refractivity contribution in [2.75, 3.05) is 32.7 Å². The molecule has 2 heterocycles. The third-order valence-corrected chi connectivity index (χ3v) is 5.79. The lowest BCUT2D eigenvalue weighted by Crippen LogP contribution is -2.50. The van der Waals surface area contributed by atoms with Crippen LogP contribution >= 0.6 is 0 Å². The number of likely N-dealkylation sites (tertiary alicyclic amines) is 2. The number of aliphatic hydroxyl groups is 1. The molecule has 1 aromatic carbocycles. The summed E-state index contributed by atoms with van der Waals surface area (Å²) in [5.74, 6) is -0.594. The number of amides is 2. The molecule has 0 unspecified atom stereocenters. The van der Waals surface area contributed by atoms with Crippen LogP contribution in [0.5, 0.6) is 0 Å². The molecule has 2 aliphatic heterocycles. The van der Waals surface area contributed by atoms with Crippen molar-refractivity contribution in [2.45, 2.75) is 50.7 Å². The first-order chi connectivity index (χ1) is 13.3. The highest BCUT2D eigenvalue weighted by Crippen LogP contribution is 2.26. The Kier molecular flexibility index (Phi) is 6.67. The van der Waals surface area contributed by atoms with Crippen LogP contribution < -0.4 is 5.32 Å². The number of carbonyl (C=O) groups excluding carboxylic acids is 2. The van der Waals surface area contributed by atoms with Crippen LogP contribution in [0, 0.1) is 5.82 Å². The summed E-state index contributed by atoms with van der Waals surface area (Å²) in [4.78, 5) is 27.8. The molecule has 154 valence electrons. The molecule has 2 N–H and O–H groups in total. The van der Waals surface area contributed by atoms with E-state index in [0.717, 1.165) is 32.4 Å². The maximum absolute atomic E-state index is 13.4. The highest BCUT2D eigenvalue weighted by molar-refractivity contribution is 5.94. The Morgan fingerprint density at radius 3 is 2.64 bits per heavy atom. The van der Waals surface area contributed by atoms with Crippen molar-refractivity contribution in [2.24, 2.45) is 0 Å². The van der Waals surface area contributed by atoms with E-state index in [9.17, 15) is 19.1 Å². The van der Waals surface area contributed by atoms with Gasteiger partial charge in [-0.15, -0.1) is 0 Å². The van der Waals surface area contributed by atoms with E-state index in [4.69, 9.17) is 0 Å². The number of halogens is 1. The molecule has 1 atom stereocenters. The third kappa shape index (κ3) is 5.52. The largest absolute Gasteiger partial charge is 0.388 e. The van der Waals surface area contributed by atoms with Crippen molar-refractivity contribution in [1.82, 2.24) is 15.1 Å². The van der Waals surface area contributed by atoms with E-state index >= 15 is 0 Å². The van der Waals surface area contributed by atoms with Gasteiger partial charge < -0.3 is 20.2 Å². The fraction of sp³-hybridized carbons (Fsp3) is 0.619. The van der Waals surface area contributed by atoms with Gasteiger partial charge in [-0.3, -0.25) is 9.59 Å². The minimum atomic E-state index is -0.822. The Hall–Kier alpha value is -1.99. The Balaban J connectivity index is 1.52. The number of nitrogens with zero attached hydrogens (tertiary/aromatic N) is 2. The molecule has 7 heteroatoms. The molecule has 0 radical (unpaired) electrons. The summed E-state index contributed by atoms with van der Waals surface area (Å²) in [6.07, 6.45) is 3.66. The van der Waals surface area contributed by atoms with E-state index in [0.29, 0.717) is 38.0 Å². The Morgan fingerprint density at radius 1 is 1.21 bits per heavy atom. The van der Waals surface area contributed by atoms with Crippen LogP contribution in [0.4, 0.5) is 4.39 Å². The second kappa shape index (κ2) is 9.01. The molecule has 0 aromatic heterocycles. The number of rotatable bonds is 4. The van der Waals surface area contributed by atoms with Crippen molar-refractivity contribution in [3.8, 4) is 0 Å². The Morgan fingerprint density at radius 2 is 1.96 bits per heavy atom. The summed E-state index contributed by atoms with van der Waals surface area (Å²) in [6, 6.07) is 5.98. The highest BCUT2D eigenvalue weighted by Gasteiger charge is 2.34. The van der Waals surface area contributed by atoms with Crippen molar-refractivity contribution < 1.29 is 19.1 Å². The molecule has 1 aromatic rings. The second-order valence-corrected chi connectivity index (χ2v) is 8.13. The number of β-amino-alcohol motifs (C(OH)–C–C–N with tert-alkyl or cyclic N) is 1. The monoisotopic (exact) mass is 391 g/mol. The standard InChI is InChI=1S/C21H30FN3O3/c1-16(26)23-19-6-11-24(12-7-19)15-21(28)8-3-10-25(13-9-21)20(27)17-4-2-5-18(22)14-17/h2,4-5,14,19,28H,3,6-13,15H2,1H3,(H,23,26)/t21-/m0/s1. The molecule has 0 saturated carbocycles. The van der Waals surface area contributed by atoms with Gasteiger partial charge >= 0.3 is 0 Å². The average Bonchev–Trinajstić information content (AvgIpc) is 2.84. The minimum Gasteiger partial charge on any atom is -0.388 e. The van der Waals surface area contributed by atoms with Crippen LogP contribution in [0.3, 0.4) is 0 Å². The SMILES string of the molecule is CC(=O)NC1CCN(C[C@]2(O)CCCN(C(=O)c3cccc(F)c3)CC2)CC1. The quantitative estimate of drug-likeness (QED) is 0.821. The lowest BCUT2D eigenvalue weighted by atomic mass is 9.93. The number of piperidine rings is 1. The van der Waals surface area contributed by atoms with Gasteiger partial charge in [0.25, 0.3) is 5.91 Å². The summed E-state index contributed by atoms with van der Waals surface area (Å²) >= 11 is 0. The van der Waals surface area contributed by atoms with Crippen molar-refractivity contribution in [3.05, 3.63) is 35.6 Å². The molecule has 0 spiro atoms. The molecular formula is C21H30FN3O3. The molecule has 2 saturated heterocycles. The van der Waals surface area contributed by atoms with E-state index in [-0.39, 0.29) is 17.9 Å². The zero-order chi connectivity index (χ0) is 20.1. The first kappa shape index (κ1) is 20.7. The zero-order valence-corrected chi connectivity index (χ0v) is 16.5. The maximum atomic E-state index is 13.4. The van der Waals surface area contributed by atoms with Gasteiger partial charge in [-0.1, -0.05) is 6.07 Å². The third-order valence-electron chi connectivity index (χ3n) is 5.79. The van der Waals surface area contributed by atoms with Gasteiger partial charge in [0.2, 0.25) is 5.91 Å². The van der Waals surface area contributed by atoms with Crippen LogP contribution in [0.15, 0.2) is 24.3 Å². The Bertz CT molecular complexity index is 706. The minimum absolute atomic E-state index is 0.00361. The first-order valence-corrected chi connectivity index (χ1v) is 10.1. The molecular weight excluding hydrogens is 361 g/mol. The van der Waals surface area contributed by atoms with Crippen molar-refractivity contribution >= 4 is 11.8 Å². The average molecular weight is 391 g/mol. The molecule has 0 aliphatic carbocycles. The van der Waals surface area contributed by atoms with Crippen LogP contribution in [0.25, 0.3) is 0 Å². The van der Waals surface area contributed by atoms with Crippen LogP contribution in [-0.2, 0) is 4.79 Å². The predicted octanol–water partition coefficient (Wildman–Crippen LogP) is 1.78. The smallest absolute Gasteiger partial charge is 0.253 e. The van der Waals surface area contributed by atoms with Crippen molar-refractivity contribution in [3.63, 3.8) is 0 Å². The second-order valence-electron chi connectivity index (χ2n) is 8.13. The summed E-state index contributed by atoms with van der Waals surface area (Å²) < 4.78 is 13.4. The number of benzene rings is 1. The number of carbonyl (C=O) groups is 2. The van der Waals surface area contributed by atoms with Gasteiger partial charge in [0, 0.05) is 51.3 Å². The predicted molar refractivity (Wildman–Crippen MR) is 104 cm³/mol. The molecule has 6 nitrogen and oxygen atoms in total. The fourth-order valence-electron chi connectivity index (χ4n) is 4.28. The van der Waals surface area contributed by atoms with Gasteiger partial charge in [0.15, 0.2) is 0 Å². The summed E-state index contributed by atoms with van der Waals surface area (Å²) in [7, 11) is 0. The van der Waals surface area contributed by atoms with E-state index in [2.05, 4.69) is 10.2 Å². The zero-order valence-electron chi connectivity index (χ0n) is 16.5. The molecule has 2 amide bonds. The van der Waals surface area contributed by atoms with E-state index in [1.54, 1.807) is 17.0 Å². The molecule has 28 heavy (non-hydrogen) atoms. The number of nitrogens with one attached hydrogen (secondary N) is 1. The summed E-state index contributed by atoms with van der Waals surface area (Å²) in [5, 5.41) is 14.1. The fourth-order valence-corrected chi connectivity index (χ4v) is 4.28. The van der Waals surface area contributed by atoms with Crippen LogP contribution in [0.2, 0.25) is 0 Å². The van der Waals surface area contributed by atoms with Gasteiger partial charge in [-0.05, 0) is 50.3 Å². The van der Waals surface area contributed by atoms with Gasteiger partial charge in [-0.25, -0.2) is 4.39 Å². The van der Waals surface area contributed by atoms with Crippen LogP contribution in [-0.4, -0.2) is 71.1 Å². The van der Waals surface area contributed by atoms with E-state index in [1.165, 1.54) is 19.1 Å². The van der Waals surface area contributed by atoms with E-state index < -0.39 is 11.4 Å². The van der Waals surface area contributed by atoms with Crippen LogP contribution in [0.1, 0.15) is 49.4 Å². The van der Waals surface area contributed by atoms with E-state index in [1.807, 2.05) is 0 Å². The summed E-state index contributed by atoms with van der Waals surface area (Å²) in [6.45, 7) is 4.86. The number of hydrogen-bond acceptors (Lipinski definition) is 4. The summed E-state index contributed by atoms with van der Waals surface area (Å²) in [5.41, 5.74) is -0.469. The van der Waals surface area contributed by atoms with Gasteiger partial charge in [0.1, 0.15) is 5.82 Å². The molecule has 3 rings (SSSR count). The lowest BCUT2D eigenvalue weighted by molar-refractivity contribution is -0.120. The topological polar surface area (TPSA) is 72.9 Å². The number of hydrogen-bond donors (Lipinski definition) is 2. The maximum Gasteiger partial charge on any atom is 0.253 e. The first-order valence-electron chi connectivity index (χ1n) is 10.1. The molecule has 0 bridgehead atoms. The Labute approximate surface area is 165 Å². The molecule has 2 aliphatic rings. The normalized spacial score (nSPS) is 24.6.